The number of Topliss-reactive ketones (excluding diaryl/α,β-unsaturated/α-hetero) is 1. The summed E-state index contributed by atoms with van der Waals surface area (Å²) >= 11 is 1.66. The van der Waals surface area contributed by atoms with E-state index in [1.807, 2.05) is 12.1 Å². The van der Waals surface area contributed by atoms with Gasteiger partial charge in [-0.05, 0) is 66.0 Å². The van der Waals surface area contributed by atoms with Crippen molar-refractivity contribution in [2.75, 3.05) is 0 Å². The van der Waals surface area contributed by atoms with Gasteiger partial charge in [0.1, 0.15) is 5.75 Å². The Labute approximate surface area is 134 Å². The minimum Gasteiger partial charge on any atom is -0.508 e. The van der Waals surface area contributed by atoms with Crippen molar-refractivity contribution in [1.29, 1.82) is 0 Å². The average Bonchev–Trinajstić information content (AvgIpc) is 3.18. The molecule has 0 amide bonds. The van der Waals surface area contributed by atoms with Gasteiger partial charge >= 0.3 is 0 Å². The lowest BCUT2D eigenvalue weighted by Gasteiger charge is -2.14. The average molecular weight is 310 g/mol. The zero-order valence-corrected chi connectivity index (χ0v) is 13.3. The summed E-state index contributed by atoms with van der Waals surface area (Å²) in [6.07, 6.45) is 3.25. The lowest BCUT2D eigenvalue weighted by molar-refractivity contribution is -0.117. The Bertz CT molecular complexity index is 767. The number of aromatic hydroxyl groups is 1. The molecule has 1 saturated carbocycles. The molecule has 2 atom stereocenters. The van der Waals surface area contributed by atoms with Crippen LogP contribution in [0, 0.1) is 18.8 Å². The second kappa shape index (κ2) is 5.10. The van der Waals surface area contributed by atoms with Crippen molar-refractivity contribution in [3.05, 3.63) is 51.7 Å². The quantitative estimate of drug-likeness (QED) is 0.875. The van der Waals surface area contributed by atoms with Crippen LogP contribution in [-0.2, 0) is 4.79 Å². The largest absolute Gasteiger partial charge is 0.508 e. The molecule has 1 fully saturated rings. The van der Waals surface area contributed by atoms with Crippen LogP contribution in [0.2, 0.25) is 0 Å². The first kappa shape index (κ1) is 13.8. The molecule has 2 unspecified atom stereocenters. The molecule has 1 aromatic heterocycles. The molecule has 0 aliphatic heterocycles. The molecule has 0 spiro atoms. The third kappa shape index (κ3) is 1.96. The van der Waals surface area contributed by atoms with Crippen LogP contribution in [0.3, 0.4) is 0 Å². The topological polar surface area (TPSA) is 37.3 Å². The number of ketones is 1. The van der Waals surface area contributed by atoms with Gasteiger partial charge in [-0.2, -0.15) is 0 Å². The van der Waals surface area contributed by atoms with E-state index in [0.717, 1.165) is 35.3 Å². The summed E-state index contributed by atoms with van der Waals surface area (Å²) in [5.74, 6) is 1.12. The molecule has 4 rings (SSSR count). The molecule has 0 saturated heterocycles. The molecule has 2 aliphatic carbocycles. The highest BCUT2D eigenvalue weighted by atomic mass is 32.1. The fourth-order valence-electron chi connectivity index (χ4n) is 3.99. The second-order valence-electron chi connectivity index (χ2n) is 6.28. The standard InChI is InChI=1S/C19H18O2S/c1-11-9-10-22-19(11)17-16(12-5-7-13(20)8-6-12)14-3-2-4-15(14)18(17)21/h5-10,14-15,20H,2-4H2,1H3. The van der Waals surface area contributed by atoms with E-state index in [4.69, 9.17) is 0 Å². The molecule has 112 valence electrons. The number of allylic oxidation sites excluding steroid dienone is 2. The third-order valence-corrected chi connectivity index (χ3v) is 6.04. The lowest BCUT2D eigenvalue weighted by atomic mass is 9.90. The number of thiophene rings is 1. The number of hydrogen-bond donors (Lipinski definition) is 1. The highest BCUT2D eigenvalue weighted by Gasteiger charge is 2.45. The van der Waals surface area contributed by atoms with Gasteiger partial charge in [0, 0.05) is 16.4 Å². The molecular formula is C19H18O2S. The van der Waals surface area contributed by atoms with Crippen molar-refractivity contribution in [1.82, 2.24) is 0 Å². The molecule has 1 aromatic carbocycles. The van der Waals surface area contributed by atoms with E-state index in [0.29, 0.717) is 11.7 Å². The summed E-state index contributed by atoms with van der Waals surface area (Å²) in [6, 6.07) is 9.41. The van der Waals surface area contributed by atoms with E-state index in [1.165, 1.54) is 11.1 Å². The summed E-state index contributed by atoms with van der Waals surface area (Å²) in [4.78, 5) is 14.1. The van der Waals surface area contributed by atoms with E-state index in [9.17, 15) is 9.90 Å². The summed E-state index contributed by atoms with van der Waals surface area (Å²) in [5, 5.41) is 11.6. The van der Waals surface area contributed by atoms with Crippen molar-refractivity contribution in [2.24, 2.45) is 11.8 Å². The number of phenolic OH excluding ortho intramolecular Hbond substituents is 1. The van der Waals surface area contributed by atoms with E-state index < -0.39 is 0 Å². The van der Waals surface area contributed by atoms with Gasteiger partial charge in [-0.15, -0.1) is 11.3 Å². The normalized spacial score (nSPS) is 24.1. The lowest BCUT2D eigenvalue weighted by Crippen LogP contribution is -2.11. The van der Waals surface area contributed by atoms with Gasteiger partial charge in [-0.3, -0.25) is 4.79 Å². The van der Waals surface area contributed by atoms with Crippen LogP contribution in [0.15, 0.2) is 35.7 Å². The number of aryl methyl sites for hydroxylation is 1. The van der Waals surface area contributed by atoms with Gasteiger partial charge in [0.25, 0.3) is 0 Å². The fraction of sp³-hybridized carbons (Fsp3) is 0.316. The van der Waals surface area contributed by atoms with Gasteiger partial charge in [0.15, 0.2) is 5.78 Å². The summed E-state index contributed by atoms with van der Waals surface area (Å²) in [7, 11) is 0. The number of phenols is 1. The van der Waals surface area contributed by atoms with Gasteiger partial charge in [-0.1, -0.05) is 18.6 Å². The predicted molar refractivity (Wildman–Crippen MR) is 89.8 cm³/mol. The van der Waals surface area contributed by atoms with Crippen LogP contribution in [-0.4, -0.2) is 10.9 Å². The number of fused-ring (bicyclic) bond motifs is 1. The Balaban J connectivity index is 1.94. The first-order chi connectivity index (χ1) is 10.7. The summed E-state index contributed by atoms with van der Waals surface area (Å²) in [6.45, 7) is 2.08. The number of carbonyl (C=O) groups is 1. The van der Waals surface area contributed by atoms with Gasteiger partial charge in [0.05, 0.1) is 0 Å². The smallest absolute Gasteiger partial charge is 0.168 e. The number of hydrogen-bond acceptors (Lipinski definition) is 3. The van der Waals surface area contributed by atoms with Crippen LogP contribution < -0.4 is 0 Å². The van der Waals surface area contributed by atoms with E-state index in [-0.39, 0.29) is 11.7 Å². The predicted octanol–water partition coefficient (Wildman–Crippen LogP) is 4.67. The maximum absolute atomic E-state index is 13.0. The molecule has 2 nitrogen and oxygen atoms in total. The van der Waals surface area contributed by atoms with Gasteiger partial charge in [0.2, 0.25) is 0 Å². The maximum Gasteiger partial charge on any atom is 0.168 e. The number of carbonyl (C=O) groups excluding carboxylic acids is 1. The van der Waals surface area contributed by atoms with Crippen molar-refractivity contribution >= 4 is 28.3 Å². The Morgan fingerprint density at radius 2 is 1.82 bits per heavy atom. The summed E-state index contributed by atoms with van der Waals surface area (Å²) in [5.41, 5.74) is 4.42. The van der Waals surface area contributed by atoms with E-state index >= 15 is 0 Å². The van der Waals surface area contributed by atoms with Crippen LogP contribution in [0.25, 0.3) is 11.1 Å². The van der Waals surface area contributed by atoms with Crippen molar-refractivity contribution in [3.63, 3.8) is 0 Å². The fourth-order valence-corrected chi connectivity index (χ4v) is 4.98. The molecule has 1 N–H and O–H groups in total. The summed E-state index contributed by atoms with van der Waals surface area (Å²) < 4.78 is 0. The Morgan fingerprint density at radius 1 is 1.09 bits per heavy atom. The Morgan fingerprint density at radius 3 is 2.50 bits per heavy atom. The van der Waals surface area contributed by atoms with E-state index in [1.54, 1.807) is 23.5 Å². The minimum atomic E-state index is 0.167. The molecule has 2 aliphatic rings. The highest BCUT2D eigenvalue weighted by Crippen LogP contribution is 2.53. The zero-order chi connectivity index (χ0) is 15.3. The Kier molecular flexibility index (Phi) is 3.19. The van der Waals surface area contributed by atoms with Crippen LogP contribution in [0.1, 0.15) is 35.3 Å². The SMILES string of the molecule is Cc1ccsc1C1=C(c2ccc(O)cc2)C2CCCC2C1=O. The van der Waals surface area contributed by atoms with E-state index in [2.05, 4.69) is 18.4 Å². The van der Waals surface area contributed by atoms with Crippen molar-refractivity contribution in [3.8, 4) is 5.75 Å². The first-order valence-corrected chi connectivity index (χ1v) is 8.67. The molecule has 0 bridgehead atoms. The molecule has 2 aromatic rings. The zero-order valence-electron chi connectivity index (χ0n) is 12.5. The molecule has 22 heavy (non-hydrogen) atoms. The molecule has 3 heteroatoms. The van der Waals surface area contributed by atoms with Crippen molar-refractivity contribution < 1.29 is 9.90 Å². The first-order valence-electron chi connectivity index (χ1n) is 7.79. The van der Waals surface area contributed by atoms with Gasteiger partial charge < -0.3 is 5.11 Å². The molecule has 1 heterocycles. The highest BCUT2D eigenvalue weighted by molar-refractivity contribution is 7.11. The number of benzene rings is 1. The van der Waals surface area contributed by atoms with Gasteiger partial charge in [-0.25, -0.2) is 0 Å². The maximum atomic E-state index is 13.0. The van der Waals surface area contributed by atoms with Crippen LogP contribution in [0.5, 0.6) is 5.75 Å². The van der Waals surface area contributed by atoms with Crippen LogP contribution in [0.4, 0.5) is 0 Å². The van der Waals surface area contributed by atoms with Crippen molar-refractivity contribution in [2.45, 2.75) is 26.2 Å². The molecular weight excluding hydrogens is 292 g/mol. The second-order valence-corrected chi connectivity index (χ2v) is 7.19. The Hall–Kier alpha value is -1.87. The monoisotopic (exact) mass is 310 g/mol. The minimum absolute atomic E-state index is 0.167. The third-order valence-electron chi connectivity index (χ3n) is 5.01. The molecule has 0 radical (unpaired) electrons. The van der Waals surface area contributed by atoms with Crippen LogP contribution >= 0.6 is 11.3 Å². The number of rotatable bonds is 2.